The van der Waals surface area contributed by atoms with Gasteiger partial charge < -0.3 is 10.5 Å². The van der Waals surface area contributed by atoms with Crippen LogP contribution in [0.4, 0.5) is 5.95 Å². The van der Waals surface area contributed by atoms with Crippen LogP contribution in [0, 0.1) is 6.92 Å². The monoisotopic (exact) mass is 208 g/mol. The molecule has 82 valence electrons. The van der Waals surface area contributed by atoms with Crippen LogP contribution < -0.4 is 5.73 Å². The molecule has 5 heteroatoms. The highest BCUT2D eigenvalue weighted by Crippen LogP contribution is 2.15. The summed E-state index contributed by atoms with van der Waals surface area (Å²) in [5.41, 5.74) is 5.56. The molecule has 1 aromatic rings. The standard InChI is InChI=1S/C10H16N4O/c1-7-12-9(14-10(11)13-7)6-8-4-2-3-5-15-8/h8H,2-6H2,1H3,(H2,11,12,13,14). The summed E-state index contributed by atoms with van der Waals surface area (Å²) in [6.45, 7) is 2.67. The SMILES string of the molecule is Cc1nc(N)nc(CC2CCCCO2)n1. The lowest BCUT2D eigenvalue weighted by Gasteiger charge is -2.21. The van der Waals surface area contributed by atoms with Gasteiger partial charge in [-0.15, -0.1) is 0 Å². The molecule has 0 bridgehead atoms. The first-order valence-electron chi connectivity index (χ1n) is 5.32. The van der Waals surface area contributed by atoms with Gasteiger partial charge in [-0.2, -0.15) is 9.97 Å². The van der Waals surface area contributed by atoms with Crippen LogP contribution >= 0.6 is 0 Å². The Labute approximate surface area is 89.1 Å². The van der Waals surface area contributed by atoms with E-state index >= 15 is 0 Å². The van der Waals surface area contributed by atoms with E-state index in [4.69, 9.17) is 10.5 Å². The summed E-state index contributed by atoms with van der Waals surface area (Å²) in [6, 6.07) is 0. The highest BCUT2D eigenvalue weighted by Gasteiger charge is 2.16. The van der Waals surface area contributed by atoms with Crippen molar-refractivity contribution in [3.63, 3.8) is 0 Å². The van der Waals surface area contributed by atoms with E-state index in [-0.39, 0.29) is 6.10 Å². The summed E-state index contributed by atoms with van der Waals surface area (Å²) in [5, 5.41) is 0. The molecule has 15 heavy (non-hydrogen) atoms. The summed E-state index contributed by atoms with van der Waals surface area (Å²) >= 11 is 0. The van der Waals surface area contributed by atoms with Crippen molar-refractivity contribution >= 4 is 5.95 Å². The first-order chi connectivity index (χ1) is 7.24. The predicted octanol–water partition coefficient (Wildman–Crippen LogP) is 0.874. The summed E-state index contributed by atoms with van der Waals surface area (Å²) in [5.74, 6) is 1.72. The Bertz CT molecular complexity index is 316. The van der Waals surface area contributed by atoms with Crippen LogP contribution in [0.5, 0.6) is 0 Å². The number of nitrogens with two attached hydrogens (primary N) is 1. The van der Waals surface area contributed by atoms with Crippen molar-refractivity contribution in [3.05, 3.63) is 11.6 Å². The normalized spacial score (nSPS) is 21.5. The maximum absolute atomic E-state index is 5.62. The van der Waals surface area contributed by atoms with E-state index in [0.29, 0.717) is 11.8 Å². The molecule has 5 nitrogen and oxygen atoms in total. The maximum Gasteiger partial charge on any atom is 0.223 e. The number of aromatic nitrogens is 3. The lowest BCUT2D eigenvalue weighted by molar-refractivity contribution is 0.0156. The van der Waals surface area contributed by atoms with Crippen molar-refractivity contribution in [2.75, 3.05) is 12.3 Å². The Morgan fingerprint density at radius 1 is 1.33 bits per heavy atom. The Hall–Kier alpha value is -1.23. The minimum atomic E-state index is 0.250. The molecule has 1 aliphatic rings. The zero-order chi connectivity index (χ0) is 10.7. The van der Waals surface area contributed by atoms with Gasteiger partial charge in [-0.3, -0.25) is 0 Å². The van der Waals surface area contributed by atoms with Crippen molar-refractivity contribution in [1.82, 2.24) is 15.0 Å². The first-order valence-corrected chi connectivity index (χ1v) is 5.32. The van der Waals surface area contributed by atoms with Crippen molar-refractivity contribution in [2.24, 2.45) is 0 Å². The molecule has 1 fully saturated rings. The fourth-order valence-electron chi connectivity index (χ4n) is 1.82. The molecule has 0 saturated carbocycles. The van der Waals surface area contributed by atoms with Gasteiger partial charge in [0.15, 0.2) is 0 Å². The number of anilines is 1. The first kappa shape index (κ1) is 10.3. The fraction of sp³-hybridized carbons (Fsp3) is 0.700. The number of aryl methyl sites for hydroxylation is 1. The highest BCUT2D eigenvalue weighted by molar-refractivity contribution is 5.15. The lowest BCUT2D eigenvalue weighted by atomic mass is 10.1. The summed E-state index contributed by atoms with van der Waals surface area (Å²) in [4.78, 5) is 12.3. The van der Waals surface area contributed by atoms with Crippen LogP contribution in [0.15, 0.2) is 0 Å². The van der Waals surface area contributed by atoms with Gasteiger partial charge in [0.05, 0.1) is 6.10 Å². The summed E-state index contributed by atoms with van der Waals surface area (Å²) in [6.07, 6.45) is 4.47. The quantitative estimate of drug-likeness (QED) is 0.780. The fourth-order valence-corrected chi connectivity index (χ4v) is 1.82. The van der Waals surface area contributed by atoms with Crippen LogP contribution in [0.2, 0.25) is 0 Å². The van der Waals surface area contributed by atoms with Crippen LogP contribution in [0.25, 0.3) is 0 Å². The van der Waals surface area contributed by atoms with E-state index in [1.807, 2.05) is 6.92 Å². The Kier molecular flexibility index (Phi) is 3.11. The number of hydrogen-bond donors (Lipinski definition) is 1. The lowest BCUT2D eigenvalue weighted by Crippen LogP contribution is -2.23. The molecule has 2 heterocycles. The van der Waals surface area contributed by atoms with Crippen molar-refractivity contribution in [1.29, 1.82) is 0 Å². The minimum absolute atomic E-state index is 0.250. The minimum Gasteiger partial charge on any atom is -0.378 e. The van der Waals surface area contributed by atoms with Crippen LogP contribution in [0.3, 0.4) is 0 Å². The van der Waals surface area contributed by atoms with Gasteiger partial charge >= 0.3 is 0 Å². The molecule has 0 radical (unpaired) electrons. The van der Waals surface area contributed by atoms with Gasteiger partial charge in [0, 0.05) is 13.0 Å². The van der Waals surface area contributed by atoms with Gasteiger partial charge in [0.25, 0.3) is 0 Å². The third kappa shape index (κ3) is 2.86. The number of nitrogen functional groups attached to an aromatic ring is 1. The molecule has 1 aromatic heterocycles. The molecule has 0 spiro atoms. The smallest absolute Gasteiger partial charge is 0.223 e. The molecule has 1 saturated heterocycles. The Balaban J connectivity index is 2.02. The third-order valence-electron chi connectivity index (χ3n) is 2.50. The van der Waals surface area contributed by atoms with Gasteiger partial charge in [-0.1, -0.05) is 0 Å². The molecule has 1 unspecified atom stereocenters. The molecule has 1 atom stereocenters. The topological polar surface area (TPSA) is 73.9 Å². The zero-order valence-electron chi connectivity index (χ0n) is 8.94. The molecule has 2 N–H and O–H groups in total. The van der Waals surface area contributed by atoms with Gasteiger partial charge in [0.1, 0.15) is 11.6 Å². The second-order valence-electron chi connectivity index (χ2n) is 3.85. The Morgan fingerprint density at radius 3 is 2.87 bits per heavy atom. The van der Waals surface area contributed by atoms with Crippen molar-refractivity contribution < 1.29 is 4.74 Å². The van der Waals surface area contributed by atoms with Crippen molar-refractivity contribution in [3.8, 4) is 0 Å². The molecule has 2 rings (SSSR count). The number of ether oxygens (including phenoxy) is 1. The summed E-state index contributed by atoms with van der Waals surface area (Å²) < 4.78 is 5.62. The molecule has 1 aliphatic heterocycles. The average molecular weight is 208 g/mol. The number of hydrogen-bond acceptors (Lipinski definition) is 5. The third-order valence-corrected chi connectivity index (χ3v) is 2.50. The summed E-state index contributed by atoms with van der Waals surface area (Å²) in [7, 11) is 0. The van der Waals surface area contributed by atoms with E-state index in [9.17, 15) is 0 Å². The van der Waals surface area contributed by atoms with E-state index in [1.165, 1.54) is 6.42 Å². The van der Waals surface area contributed by atoms with Crippen molar-refractivity contribution in [2.45, 2.75) is 38.7 Å². The second kappa shape index (κ2) is 4.53. The van der Waals surface area contributed by atoms with Gasteiger partial charge in [-0.25, -0.2) is 4.98 Å². The van der Waals surface area contributed by atoms with Gasteiger partial charge in [-0.05, 0) is 26.2 Å². The van der Waals surface area contributed by atoms with Gasteiger partial charge in [0.2, 0.25) is 5.95 Å². The average Bonchev–Trinajstić information content (AvgIpc) is 2.17. The predicted molar refractivity (Wildman–Crippen MR) is 56.3 cm³/mol. The van der Waals surface area contributed by atoms with E-state index < -0.39 is 0 Å². The molecular weight excluding hydrogens is 192 g/mol. The number of nitrogens with zero attached hydrogens (tertiary/aromatic N) is 3. The molecule has 0 aromatic carbocycles. The number of rotatable bonds is 2. The maximum atomic E-state index is 5.62. The van der Waals surface area contributed by atoms with E-state index in [0.717, 1.165) is 31.7 Å². The highest BCUT2D eigenvalue weighted by atomic mass is 16.5. The van der Waals surface area contributed by atoms with Crippen LogP contribution in [-0.2, 0) is 11.2 Å². The largest absolute Gasteiger partial charge is 0.378 e. The second-order valence-corrected chi connectivity index (χ2v) is 3.85. The molecular formula is C10H16N4O. The molecule has 0 aliphatic carbocycles. The zero-order valence-corrected chi connectivity index (χ0v) is 8.94. The van der Waals surface area contributed by atoms with Crippen LogP contribution in [-0.4, -0.2) is 27.7 Å². The van der Waals surface area contributed by atoms with Crippen LogP contribution in [0.1, 0.15) is 30.9 Å². The van der Waals surface area contributed by atoms with E-state index in [1.54, 1.807) is 0 Å². The molecule has 0 amide bonds. The van der Waals surface area contributed by atoms with E-state index in [2.05, 4.69) is 15.0 Å². The Morgan fingerprint density at radius 2 is 2.20 bits per heavy atom.